The van der Waals surface area contributed by atoms with Crippen LogP contribution >= 0.6 is 0 Å². The Bertz CT molecular complexity index is 543. The lowest BCUT2D eigenvalue weighted by molar-refractivity contribution is 0.268. The molecule has 3 nitrogen and oxygen atoms in total. The number of ether oxygens (including phenoxy) is 1. The number of aliphatic hydroxyl groups excluding tert-OH is 1. The number of benzene rings is 1. The average Bonchev–Trinajstić information content (AvgIpc) is 2.76. The Labute approximate surface area is 108 Å². The summed E-state index contributed by atoms with van der Waals surface area (Å²) in [7, 11) is 1.69. The zero-order chi connectivity index (χ0) is 13.3. The number of aliphatic hydroxyl groups is 1. The first-order valence-electron chi connectivity index (χ1n) is 6.38. The summed E-state index contributed by atoms with van der Waals surface area (Å²) >= 11 is 0. The number of nitrogens with zero attached hydrogens (tertiary/aromatic N) is 1. The Kier molecular flexibility index (Phi) is 3.62. The number of rotatable bonds is 4. The summed E-state index contributed by atoms with van der Waals surface area (Å²) in [6.45, 7) is 6.52. The van der Waals surface area contributed by atoms with Gasteiger partial charge >= 0.3 is 0 Å². The highest BCUT2D eigenvalue weighted by atomic mass is 16.5. The summed E-state index contributed by atoms with van der Waals surface area (Å²) in [4.78, 5) is 0. The Balaban J connectivity index is 2.74. The predicted molar refractivity (Wildman–Crippen MR) is 74.4 cm³/mol. The second kappa shape index (κ2) is 5.02. The molecule has 98 valence electrons. The van der Waals surface area contributed by atoms with Crippen LogP contribution < -0.4 is 4.74 Å². The van der Waals surface area contributed by atoms with Crippen LogP contribution in [-0.4, -0.2) is 23.4 Å². The smallest absolute Gasteiger partial charge is 0.128 e. The summed E-state index contributed by atoms with van der Waals surface area (Å²) in [5.74, 6) is 1.02. The molecule has 1 aromatic heterocycles. The van der Waals surface area contributed by atoms with Gasteiger partial charge in [-0.3, -0.25) is 0 Å². The molecule has 1 atom stereocenters. The third-order valence-electron chi connectivity index (χ3n) is 3.39. The van der Waals surface area contributed by atoms with Crippen molar-refractivity contribution in [1.82, 2.24) is 4.57 Å². The Hall–Kier alpha value is -1.48. The van der Waals surface area contributed by atoms with Gasteiger partial charge in [0.1, 0.15) is 5.75 Å². The lowest BCUT2D eigenvalue weighted by Gasteiger charge is -2.18. The van der Waals surface area contributed by atoms with E-state index < -0.39 is 0 Å². The molecule has 0 aliphatic carbocycles. The van der Waals surface area contributed by atoms with Gasteiger partial charge in [0.25, 0.3) is 0 Å². The summed E-state index contributed by atoms with van der Waals surface area (Å²) in [5, 5.41) is 10.5. The molecule has 2 rings (SSSR count). The van der Waals surface area contributed by atoms with Gasteiger partial charge in [-0.05, 0) is 32.0 Å². The van der Waals surface area contributed by atoms with E-state index in [4.69, 9.17) is 4.74 Å². The fraction of sp³-hybridized carbons (Fsp3) is 0.467. The van der Waals surface area contributed by atoms with Crippen LogP contribution in [0.1, 0.15) is 38.4 Å². The Morgan fingerprint density at radius 2 is 2.00 bits per heavy atom. The molecule has 0 radical (unpaired) electrons. The third kappa shape index (κ3) is 1.99. The van der Waals surface area contributed by atoms with Gasteiger partial charge in [-0.25, -0.2) is 0 Å². The summed E-state index contributed by atoms with van der Waals surface area (Å²) in [5.41, 5.74) is 2.33. The van der Waals surface area contributed by atoms with Crippen molar-refractivity contribution in [3.63, 3.8) is 0 Å². The zero-order valence-electron chi connectivity index (χ0n) is 11.5. The quantitative estimate of drug-likeness (QED) is 0.899. The van der Waals surface area contributed by atoms with Crippen molar-refractivity contribution in [2.45, 2.75) is 32.7 Å². The molecule has 3 heteroatoms. The maximum atomic E-state index is 9.40. The predicted octanol–water partition coefficient (Wildman–Crippen LogP) is 3.33. The van der Waals surface area contributed by atoms with E-state index in [-0.39, 0.29) is 12.5 Å². The van der Waals surface area contributed by atoms with E-state index in [1.54, 1.807) is 7.11 Å². The van der Waals surface area contributed by atoms with E-state index >= 15 is 0 Å². The fourth-order valence-corrected chi connectivity index (χ4v) is 2.47. The number of aromatic nitrogens is 1. The first-order valence-corrected chi connectivity index (χ1v) is 6.38. The second-order valence-corrected chi connectivity index (χ2v) is 5.01. The molecule has 0 bridgehead atoms. The third-order valence-corrected chi connectivity index (χ3v) is 3.39. The number of fused-ring (bicyclic) bond motifs is 1. The average molecular weight is 247 g/mol. The normalized spacial score (nSPS) is 13.2. The standard InChI is InChI=1S/C15H21NO2/c1-10(2)16-13-6-5-7-15(18-4)12(13)8-14(16)11(3)9-17/h5-8,10-11,17H,9H2,1-4H3. The van der Waals surface area contributed by atoms with Crippen LogP contribution in [0.5, 0.6) is 5.75 Å². The largest absolute Gasteiger partial charge is 0.496 e. The van der Waals surface area contributed by atoms with Gasteiger partial charge in [0.2, 0.25) is 0 Å². The molecule has 0 fully saturated rings. The van der Waals surface area contributed by atoms with Gasteiger partial charge in [-0.1, -0.05) is 13.0 Å². The van der Waals surface area contributed by atoms with Crippen molar-refractivity contribution in [3.8, 4) is 5.75 Å². The Morgan fingerprint density at radius 1 is 1.28 bits per heavy atom. The van der Waals surface area contributed by atoms with Crippen LogP contribution in [0, 0.1) is 0 Å². The first-order chi connectivity index (χ1) is 8.60. The van der Waals surface area contributed by atoms with Gasteiger partial charge in [0.15, 0.2) is 0 Å². The van der Waals surface area contributed by atoms with E-state index in [0.717, 1.165) is 16.8 Å². The molecule has 1 N–H and O–H groups in total. The van der Waals surface area contributed by atoms with Crippen molar-refractivity contribution in [3.05, 3.63) is 30.0 Å². The number of hydrogen-bond acceptors (Lipinski definition) is 2. The van der Waals surface area contributed by atoms with Crippen LogP contribution in [0.3, 0.4) is 0 Å². The maximum Gasteiger partial charge on any atom is 0.128 e. The lowest BCUT2D eigenvalue weighted by atomic mass is 10.1. The van der Waals surface area contributed by atoms with Crippen LogP contribution in [0.25, 0.3) is 10.9 Å². The number of hydrogen-bond donors (Lipinski definition) is 1. The molecular formula is C15H21NO2. The number of methoxy groups -OCH3 is 1. The highest BCUT2D eigenvalue weighted by molar-refractivity contribution is 5.87. The molecule has 1 heterocycles. The minimum atomic E-state index is 0.129. The highest BCUT2D eigenvalue weighted by Gasteiger charge is 2.17. The van der Waals surface area contributed by atoms with Crippen LogP contribution in [-0.2, 0) is 0 Å². The molecule has 0 spiro atoms. The van der Waals surface area contributed by atoms with Crippen molar-refractivity contribution >= 4 is 10.9 Å². The summed E-state index contributed by atoms with van der Waals surface area (Å²) < 4.78 is 7.69. The SMILES string of the molecule is COc1cccc2c1cc(C(C)CO)n2C(C)C. The van der Waals surface area contributed by atoms with Crippen LogP contribution in [0.15, 0.2) is 24.3 Å². The summed E-state index contributed by atoms with van der Waals surface area (Å²) in [6.07, 6.45) is 0. The molecule has 0 aliphatic heterocycles. The zero-order valence-corrected chi connectivity index (χ0v) is 11.5. The van der Waals surface area contributed by atoms with Gasteiger partial charge in [-0.2, -0.15) is 0 Å². The van der Waals surface area contributed by atoms with Crippen molar-refractivity contribution in [1.29, 1.82) is 0 Å². The molecule has 1 aromatic carbocycles. The van der Waals surface area contributed by atoms with E-state index in [1.165, 1.54) is 5.52 Å². The van der Waals surface area contributed by atoms with Crippen molar-refractivity contribution < 1.29 is 9.84 Å². The summed E-state index contributed by atoms with van der Waals surface area (Å²) in [6, 6.07) is 8.58. The highest BCUT2D eigenvalue weighted by Crippen LogP contribution is 2.33. The molecule has 0 saturated carbocycles. The van der Waals surface area contributed by atoms with Gasteiger partial charge in [0.05, 0.1) is 19.2 Å². The minimum Gasteiger partial charge on any atom is -0.496 e. The maximum absolute atomic E-state index is 9.40. The first kappa shape index (κ1) is 13.0. The van der Waals surface area contributed by atoms with E-state index in [1.807, 2.05) is 19.1 Å². The molecule has 0 amide bonds. The molecule has 0 aliphatic rings. The van der Waals surface area contributed by atoms with Gasteiger partial charge < -0.3 is 14.4 Å². The van der Waals surface area contributed by atoms with Gasteiger partial charge in [-0.15, -0.1) is 0 Å². The second-order valence-electron chi connectivity index (χ2n) is 5.01. The van der Waals surface area contributed by atoms with Crippen LogP contribution in [0.4, 0.5) is 0 Å². The monoisotopic (exact) mass is 247 g/mol. The van der Waals surface area contributed by atoms with Crippen LogP contribution in [0.2, 0.25) is 0 Å². The van der Waals surface area contributed by atoms with Crippen molar-refractivity contribution in [2.75, 3.05) is 13.7 Å². The molecular weight excluding hydrogens is 226 g/mol. The molecule has 18 heavy (non-hydrogen) atoms. The van der Waals surface area contributed by atoms with Crippen molar-refractivity contribution in [2.24, 2.45) is 0 Å². The topological polar surface area (TPSA) is 34.4 Å². The van der Waals surface area contributed by atoms with E-state index in [9.17, 15) is 5.11 Å². The van der Waals surface area contributed by atoms with E-state index in [2.05, 4.69) is 30.5 Å². The van der Waals surface area contributed by atoms with E-state index in [0.29, 0.717) is 6.04 Å². The molecule has 2 aromatic rings. The fourth-order valence-electron chi connectivity index (χ4n) is 2.47. The molecule has 0 saturated heterocycles. The van der Waals surface area contributed by atoms with Gasteiger partial charge in [0, 0.05) is 23.0 Å². The minimum absolute atomic E-state index is 0.129. The Morgan fingerprint density at radius 3 is 2.56 bits per heavy atom. The molecule has 1 unspecified atom stereocenters. The lowest BCUT2D eigenvalue weighted by Crippen LogP contribution is -2.10.